The number of imidazole rings is 1. The number of fused-ring (bicyclic) bond motifs is 1. The van der Waals surface area contributed by atoms with Crippen LogP contribution >= 0.6 is 0 Å². The van der Waals surface area contributed by atoms with Gasteiger partial charge in [-0.3, -0.25) is 9.59 Å². The number of rotatable bonds is 9. The zero-order chi connectivity index (χ0) is 25.7. The van der Waals surface area contributed by atoms with Gasteiger partial charge in [0, 0.05) is 49.2 Å². The van der Waals surface area contributed by atoms with E-state index >= 15 is 0 Å². The molecule has 36 heavy (non-hydrogen) atoms. The molecule has 0 fully saturated rings. The van der Waals surface area contributed by atoms with E-state index in [9.17, 15) is 14.7 Å². The predicted octanol–water partition coefficient (Wildman–Crippen LogP) is 2.43. The van der Waals surface area contributed by atoms with Crippen molar-refractivity contribution in [3.63, 3.8) is 0 Å². The summed E-state index contributed by atoms with van der Waals surface area (Å²) in [5, 5.41) is 19.7. The smallest absolute Gasteiger partial charge is 0.262 e. The molecule has 11 heteroatoms. The first-order valence-corrected chi connectivity index (χ1v) is 11.7. The van der Waals surface area contributed by atoms with E-state index in [0.29, 0.717) is 46.8 Å². The molecule has 188 valence electrons. The van der Waals surface area contributed by atoms with Crippen molar-refractivity contribution < 1.29 is 9.90 Å². The number of aliphatic hydroxyl groups is 1. The van der Waals surface area contributed by atoms with Gasteiger partial charge in [0.25, 0.3) is 11.5 Å². The van der Waals surface area contributed by atoms with Crippen LogP contribution in [0.2, 0.25) is 0 Å². The molecule has 4 aromatic rings. The average Bonchev–Trinajstić information content (AvgIpc) is 3.33. The lowest BCUT2D eigenvalue weighted by atomic mass is 10.1. The highest BCUT2D eigenvalue weighted by molar-refractivity contribution is 5.95. The summed E-state index contributed by atoms with van der Waals surface area (Å²) in [6.45, 7) is 6.45. The maximum absolute atomic E-state index is 13.1. The number of nitrogens with zero attached hydrogens (tertiary/aromatic N) is 4. The lowest BCUT2D eigenvalue weighted by Gasteiger charge is -2.23. The second-order valence-electron chi connectivity index (χ2n) is 9.35. The summed E-state index contributed by atoms with van der Waals surface area (Å²) in [6, 6.07) is 6.85. The van der Waals surface area contributed by atoms with Crippen molar-refractivity contribution in [2.75, 3.05) is 23.8 Å². The third-order valence-corrected chi connectivity index (χ3v) is 5.29. The molecule has 0 radical (unpaired) electrons. The van der Waals surface area contributed by atoms with E-state index < -0.39 is 0 Å². The zero-order valence-electron chi connectivity index (χ0n) is 20.5. The topological polar surface area (TPSA) is 150 Å². The number of aromatic amines is 1. The number of amides is 1. The van der Waals surface area contributed by atoms with Crippen molar-refractivity contribution in [3.8, 4) is 0 Å². The summed E-state index contributed by atoms with van der Waals surface area (Å²) < 4.78 is 1.46. The molecule has 4 rings (SSSR count). The fourth-order valence-electron chi connectivity index (χ4n) is 3.70. The van der Waals surface area contributed by atoms with Crippen molar-refractivity contribution in [2.24, 2.45) is 0 Å². The molecule has 0 bridgehead atoms. The Hall–Kier alpha value is -4.25. The van der Waals surface area contributed by atoms with Gasteiger partial charge in [-0.1, -0.05) is 0 Å². The third kappa shape index (κ3) is 6.05. The molecule has 0 spiro atoms. The molecular weight excluding hydrogens is 460 g/mol. The van der Waals surface area contributed by atoms with Gasteiger partial charge in [-0.25, -0.2) is 15.0 Å². The van der Waals surface area contributed by atoms with Gasteiger partial charge in [0.2, 0.25) is 0 Å². The molecule has 0 aliphatic carbocycles. The van der Waals surface area contributed by atoms with Crippen LogP contribution in [0, 0.1) is 0 Å². The van der Waals surface area contributed by atoms with E-state index in [2.05, 4.69) is 35.9 Å². The Labute approximate surface area is 208 Å². The van der Waals surface area contributed by atoms with Crippen LogP contribution in [0.25, 0.3) is 10.8 Å². The van der Waals surface area contributed by atoms with E-state index in [1.807, 2.05) is 26.8 Å². The van der Waals surface area contributed by atoms with Gasteiger partial charge in [-0.05, 0) is 50.4 Å². The number of aliphatic hydroxyl groups excluding tert-OH is 1. The summed E-state index contributed by atoms with van der Waals surface area (Å²) in [7, 11) is 0. The van der Waals surface area contributed by atoms with Crippen LogP contribution in [0.1, 0.15) is 36.8 Å². The lowest BCUT2D eigenvalue weighted by Crippen LogP contribution is -2.29. The number of nitrogens with one attached hydrogen (secondary N) is 4. The largest absolute Gasteiger partial charge is 0.395 e. The number of pyridine rings is 3. The molecule has 0 unspecified atom stereocenters. The second-order valence-corrected chi connectivity index (χ2v) is 9.35. The Kier molecular flexibility index (Phi) is 7.30. The zero-order valence-corrected chi connectivity index (χ0v) is 20.5. The Morgan fingerprint density at radius 1 is 1.17 bits per heavy atom. The van der Waals surface area contributed by atoms with Crippen molar-refractivity contribution in [3.05, 3.63) is 70.8 Å². The van der Waals surface area contributed by atoms with E-state index in [0.717, 1.165) is 5.69 Å². The molecular formula is C25H30N8O3. The van der Waals surface area contributed by atoms with Crippen LogP contribution in [0.3, 0.4) is 0 Å². The Morgan fingerprint density at radius 2 is 2.00 bits per heavy atom. The van der Waals surface area contributed by atoms with Gasteiger partial charge in [0.05, 0.1) is 24.0 Å². The normalized spacial score (nSPS) is 11.4. The maximum atomic E-state index is 13.1. The van der Waals surface area contributed by atoms with Gasteiger partial charge < -0.3 is 30.6 Å². The number of anilines is 3. The number of H-pyrrole nitrogens is 1. The van der Waals surface area contributed by atoms with Crippen LogP contribution in [-0.4, -0.2) is 54.2 Å². The first-order valence-electron chi connectivity index (χ1n) is 11.7. The highest BCUT2D eigenvalue weighted by Gasteiger charge is 2.18. The minimum atomic E-state index is -0.352. The van der Waals surface area contributed by atoms with Crippen LogP contribution in [0.5, 0.6) is 0 Å². The molecule has 0 aromatic carbocycles. The van der Waals surface area contributed by atoms with Gasteiger partial charge in [0.15, 0.2) is 0 Å². The summed E-state index contributed by atoms with van der Waals surface area (Å²) in [6.07, 6.45) is 7.22. The first kappa shape index (κ1) is 24.9. The number of carbonyl (C=O) groups is 1. The van der Waals surface area contributed by atoms with E-state index in [4.69, 9.17) is 0 Å². The minimum Gasteiger partial charge on any atom is -0.395 e. The predicted molar refractivity (Wildman–Crippen MR) is 139 cm³/mol. The number of hydrogen-bond donors (Lipinski definition) is 5. The Morgan fingerprint density at radius 3 is 2.72 bits per heavy atom. The molecule has 1 amide bonds. The second kappa shape index (κ2) is 10.6. The molecule has 0 saturated heterocycles. The van der Waals surface area contributed by atoms with Crippen molar-refractivity contribution >= 4 is 34.1 Å². The summed E-state index contributed by atoms with van der Waals surface area (Å²) >= 11 is 0. The fourth-order valence-corrected chi connectivity index (χ4v) is 3.70. The van der Waals surface area contributed by atoms with Gasteiger partial charge in [0.1, 0.15) is 17.5 Å². The van der Waals surface area contributed by atoms with E-state index in [1.54, 1.807) is 43.1 Å². The highest BCUT2D eigenvalue weighted by Crippen LogP contribution is 2.26. The van der Waals surface area contributed by atoms with Gasteiger partial charge >= 0.3 is 0 Å². The standard InChI is InChI=1S/C25H30N8O3/c1-25(2,3)32-22-21-16(6-9-33(10-11-34)24(21)36)12-20(31-22)30-19-13-17(4-7-27-19)23(35)28-8-5-18-14-26-15-29-18/h4,6-7,9,12-15,34H,5,8,10-11H2,1-3H3,(H,26,29)(H,28,35)(H2,27,30,31,32). The van der Waals surface area contributed by atoms with Crippen molar-refractivity contribution in [2.45, 2.75) is 39.3 Å². The van der Waals surface area contributed by atoms with E-state index in [1.165, 1.54) is 4.57 Å². The lowest BCUT2D eigenvalue weighted by molar-refractivity contribution is 0.0954. The quantitative estimate of drug-likeness (QED) is 0.240. The molecule has 5 N–H and O–H groups in total. The molecule has 0 saturated carbocycles. The van der Waals surface area contributed by atoms with E-state index in [-0.39, 0.29) is 30.2 Å². The molecule has 4 aromatic heterocycles. The highest BCUT2D eigenvalue weighted by atomic mass is 16.3. The van der Waals surface area contributed by atoms with Gasteiger partial charge in [-0.2, -0.15) is 0 Å². The van der Waals surface area contributed by atoms with Gasteiger partial charge in [-0.15, -0.1) is 0 Å². The number of carbonyl (C=O) groups excluding carboxylic acids is 1. The first-order chi connectivity index (χ1) is 17.2. The number of aromatic nitrogens is 5. The minimum absolute atomic E-state index is 0.140. The summed E-state index contributed by atoms with van der Waals surface area (Å²) in [4.78, 5) is 41.7. The SMILES string of the molecule is CC(C)(C)Nc1nc(Nc2cc(C(=O)NCCc3c[nH]cn3)ccn2)cc2ccn(CCO)c(=O)c12. The molecule has 11 nitrogen and oxygen atoms in total. The fraction of sp³-hybridized carbons (Fsp3) is 0.320. The maximum Gasteiger partial charge on any atom is 0.262 e. The van der Waals surface area contributed by atoms with Crippen LogP contribution in [0.15, 0.2) is 54.0 Å². The molecule has 0 aliphatic heterocycles. The van der Waals surface area contributed by atoms with Crippen molar-refractivity contribution in [1.82, 2.24) is 29.8 Å². The van der Waals surface area contributed by atoms with Crippen LogP contribution in [0.4, 0.5) is 17.5 Å². The van der Waals surface area contributed by atoms with Crippen LogP contribution < -0.4 is 21.5 Å². The Bertz CT molecular complexity index is 1410. The van der Waals surface area contributed by atoms with Crippen LogP contribution in [-0.2, 0) is 13.0 Å². The molecule has 0 atom stereocenters. The van der Waals surface area contributed by atoms with Crippen molar-refractivity contribution in [1.29, 1.82) is 0 Å². The summed E-state index contributed by atoms with van der Waals surface area (Å²) in [5.74, 6) is 1.11. The Balaban J connectivity index is 1.58. The molecule has 0 aliphatic rings. The number of hydrogen-bond acceptors (Lipinski definition) is 8. The molecule has 4 heterocycles. The summed E-state index contributed by atoms with van der Waals surface area (Å²) in [5.41, 5.74) is 0.737. The average molecular weight is 491 g/mol. The monoisotopic (exact) mass is 490 g/mol. The third-order valence-electron chi connectivity index (χ3n) is 5.29.